The molecule has 1 amide bonds. The van der Waals surface area contributed by atoms with Gasteiger partial charge < -0.3 is 5.32 Å². The lowest BCUT2D eigenvalue weighted by Gasteiger charge is -2.00. The molecule has 3 rings (SSSR count). The van der Waals surface area contributed by atoms with E-state index in [1.54, 1.807) is 30.3 Å². The predicted octanol–water partition coefficient (Wildman–Crippen LogP) is 4.18. The summed E-state index contributed by atoms with van der Waals surface area (Å²) in [6.07, 6.45) is 2.99. The summed E-state index contributed by atoms with van der Waals surface area (Å²) < 4.78 is 17.6. The third kappa shape index (κ3) is 3.85. The molecule has 1 aromatic heterocycles. The van der Waals surface area contributed by atoms with Crippen molar-refractivity contribution in [1.82, 2.24) is 10.3 Å². The summed E-state index contributed by atoms with van der Waals surface area (Å²) in [6.45, 7) is 0. The van der Waals surface area contributed by atoms with Crippen molar-refractivity contribution in [3.8, 4) is 11.3 Å². The molecule has 7 heteroatoms. The van der Waals surface area contributed by atoms with Gasteiger partial charge in [-0.3, -0.25) is 4.79 Å². The second kappa shape index (κ2) is 7.06. The average Bonchev–Trinajstić information content (AvgIpc) is 3.03. The molecule has 0 bridgehead atoms. The Hall–Kier alpha value is -2.99. The van der Waals surface area contributed by atoms with Gasteiger partial charge in [-0.1, -0.05) is 23.7 Å². The second-order valence-electron chi connectivity index (χ2n) is 4.84. The summed E-state index contributed by atoms with van der Waals surface area (Å²) in [5, 5.41) is 10.6. The number of carbonyl (C=O) groups excluding carboxylic acids is 1. The Bertz CT molecular complexity index is 874. The third-order valence-electron chi connectivity index (χ3n) is 3.14. The zero-order valence-electron chi connectivity index (χ0n) is 12.2. The zero-order chi connectivity index (χ0) is 16.9. The molecule has 0 fully saturated rings. The molecular weight excluding hydrogens is 333 g/mol. The van der Waals surface area contributed by atoms with Crippen LogP contribution in [-0.2, 0) is 4.79 Å². The van der Waals surface area contributed by atoms with E-state index >= 15 is 0 Å². The number of hydrogen-bond acceptors (Lipinski definition) is 4. The first-order chi connectivity index (χ1) is 11.6. The van der Waals surface area contributed by atoms with E-state index < -0.39 is 5.91 Å². The SMILES string of the molecule is O=C(/C=C/c1ccc(Cl)cc1)Nc1nonc1-c1ccc(F)cc1. The Kier molecular flexibility index (Phi) is 4.67. The van der Waals surface area contributed by atoms with Crippen molar-refractivity contribution in [2.75, 3.05) is 5.32 Å². The van der Waals surface area contributed by atoms with Gasteiger partial charge in [0.15, 0.2) is 5.69 Å². The number of nitrogens with one attached hydrogen (secondary N) is 1. The van der Waals surface area contributed by atoms with Crippen LogP contribution in [0.4, 0.5) is 10.2 Å². The number of anilines is 1. The van der Waals surface area contributed by atoms with E-state index in [4.69, 9.17) is 11.6 Å². The van der Waals surface area contributed by atoms with Gasteiger partial charge in [-0.05, 0) is 58.4 Å². The second-order valence-corrected chi connectivity index (χ2v) is 5.28. The first-order valence-corrected chi connectivity index (χ1v) is 7.33. The maximum Gasteiger partial charge on any atom is 0.249 e. The van der Waals surface area contributed by atoms with Crippen molar-refractivity contribution in [2.24, 2.45) is 0 Å². The van der Waals surface area contributed by atoms with Gasteiger partial charge in [-0.25, -0.2) is 9.02 Å². The van der Waals surface area contributed by atoms with E-state index in [1.165, 1.54) is 30.3 Å². The molecule has 2 aromatic carbocycles. The van der Waals surface area contributed by atoms with E-state index in [9.17, 15) is 9.18 Å². The van der Waals surface area contributed by atoms with Crippen molar-refractivity contribution in [3.05, 3.63) is 71.0 Å². The molecule has 0 saturated heterocycles. The number of halogens is 2. The monoisotopic (exact) mass is 343 g/mol. The fraction of sp³-hybridized carbons (Fsp3) is 0. The lowest BCUT2D eigenvalue weighted by atomic mass is 10.1. The van der Waals surface area contributed by atoms with Crippen LogP contribution in [0.15, 0.2) is 59.2 Å². The predicted molar refractivity (Wildman–Crippen MR) is 88.8 cm³/mol. The largest absolute Gasteiger partial charge is 0.302 e. The van der Waals surface area contributed by atoms with E-state index in [-0.39, 0.29) is 11.6 Å². The number of hydrogen-bond donors (Lipinski definition) is 1. The van der Waals surface area contributed by atoms with Crippen LogP contribution in [0.25, 0.3) is 17.3 Å². The van der Waals surface area contributed by atoms with Crippen molar-refractivity contribution < 1.29 is 13.8 Å². The van der Waals surface area contributed by atoms with Gasteiger partial charge in [-0.15, -0.1) is 0 Å². The Morgan fingerprint density at radius 1 is 1.08 bits per heavy atom. The fourth-order valence-corrected chi connectivity index (χ4v) is 2.10. The lowest BCUT2D eigenvalue weighted by molar-refractivity contribution is -0.111. The Morgan fingerprint density at radius 2 is 1.79 bits per heavy atom. The Balaban J connectivity index is 1.72. The summed E-state index contributed by atoms with van der Waals surface area (Å²) in [5.41, 5.74) is 1.73. The van der Waals surface area contributed by atoms with Crippen molar-refractivity contribution in [1.29, 1.82) is 0 Å². The van der Waals surface area contributed by atoms with Crippen molar-refractivity contribution >= 4 is 29.4 Å². The fourth-order valence-electron chi connectivity index (χ4n) is 1.97. The minimum Gasteiger partial charge on any atom is -0.302 e. The van der Waals surface area contributed by atoms with Gasteiger partial charge in [0, 0.05) is 16.7 Å². The van der Waals surface area contributed by atoms with Crippen LogP contribution in [0.1, 0.15) is 5.56 Å². The van der Waals surface area contributed by atoms with Gasteiger partial charge in [0.05, 0.1) is 0 Å². The van der Waals surface area contributed by atoms with Crippen LogP contribution in [-0.4, -0.2) is 16.2 Å². The molecule has 1 N–H and O–H groups in total. The summed E-state index contributed by atoms with van der Waals surface area (Å²) in [6, 6.07) is 12.6. The first kappa shape index (κ1) is 15.9. The number of carbonyl (C=O) groups is 1. The minimum atomic E-state index is -0.399. The van der Waals surface area contributed by atoms with Crippen molar-refractivity contribution in [2.45, 2.75) is 0 Å². The van der Waals surface area contributed by atoms with Crippen LogP contribution >= 0.6 is 11.6 Å². The molecule has 5 nitrogen and oxygen atoms in total. The highest BCUT2D eigenvalue weighted by Crippen LogP contribution is 2.24. The van der Waals surface area contributed by atoms with E-state index in [2.05, 4.69) is 20.3 Å². The average molecular weight is 344 g/mol. The zero-order valence-corrected chi connectivity index (χ0v) is 13.0. The van der Waals surface area contributed by atoms with E-state index in [0.717, 1.165) is 5.56 Å². The normalized spacial score (nSPS) is 10.9. The molecule has 1 heterocycles. The molecule has 3 aromatic rings. The highest BCUT2D eigenvalue weighted by atomic mass is 35.5. The Morgan fingerprint density at radius 3 is 2.50 bits per heavy atom. The molecule has 0 saturated carbocycles. The van der Waals surface area contributed by atoms with Crippen LogP contribution in [0.2, 0.25) is 5.02 Å². The standard InChI is InChI=1S/C17H11ClFN3O2/c18-13-6-1-11(2-7-13)3-10-15(23)20-17-16(21-24-22-17)12-4-8-14(19)9-5-12/h1-10H,(H,20,22,23)/b10-3+. The van der Waals surface area contributed by atoms with Gasteiger partial charge in [-0.2, -0.15) is 0 Å². The molecule has 0 spiro atoms. The molecule has 0 unspecified atom stereocenters. The maximum atomic E-state index is 13.0. The highest BCUT2D eigenvalue weighted by molar-refractivity contribution is 6.30. The van der Waals surface area contributed by atoms with Crippen LogP contribution in [0.5, 0.6) is 0 Å². The van der Waals surface area contributed by atoms with Gasteiger partial charge in [0.25, 0.3) is 0 Å². The number of nitrogens with zero attached hydrogens (tertiary/aromatic N) is 2. The van der Waals surface area contributed by atoms with Gasteiger partial charge >= 0.3 is 0 Å². The topological polar surface area (TPSA) is 68.0 Å². The van der Waals surface area contributed by atoms with Crippen LogP contribution in [0, 0.1) is 5.82 Å². The number of amides is 1. The van der Waals surface area contributed by atoms with E-state index in [1.807, 2.05) is 0 Å². The molecule has 0 radical (unpaired) electrons. The summed E-state index contributed by atoms with van der Waals surface area (Å²) >= 11 is 5.80. The van der Waals surface area contributed by atoms with Gasteiger partial charge in [0.2, 0.25) is 11.7 Å². The lowest BCUT2D eigenvalue weighted by Crippen LogP contribution is -2.09. The molecule has 120 valence electrons. The maximum absolute atomic E-state index is 13.0. The molecule has 0 aliphatic carbocycles. The molecule has 24 heavy (non-hydrogen) atoms. The smallest absolute Gasteiger partial charge is 0.249 e. The number of rotatable bonds is 4. The Labute approximate surface area is 141 Å². The third-order valence-corrected chi connectivity index (χ3v) is 3.40. The van der Waals surface area contributed by atoms with Gasteiger partial charge in [0.1, 0.15) is 5.82 Å². The van der Waals surface area contributed by atoms with Crippen molar-refractivity contribution in [3.63, 3.8) is 0 Å². The molecular formula is C17H11ClFN3O2. The summed E-state index contributed by atoms with van der Waals surface area (Å²) in [5.74, 6) is -0.608. The molecule has 0 atom stereocenters. The van der Waals surface area contributed by atoms with E-state index in [0.29, 0.717) is 16.3 Å². The minimum absolute atomic E-state index is 0.160. The first-order valence-electron chi connectivity index (χ1n) is 6.95. The van der Waals surface area contributed by atoms with Crippen LogP contribution in [0.3, 0.4) is 0 Å². The van der Waals surface area contributed by atoms with Crippen LogP contribution < -0.4 is 5.32 Å². The highest BCUT2D eigenvalue weighted by Gasteiger charge is 2.14. The molecule has 0 aliphatic rings. The number of aromatic nitrogens is 2. The summed E-state index contributed by atoms with van der Waals surface area (Å²) in [4.78, 5) is 12.0. The quantitative estimate of drug-likeness (QED) is 0.721. The summed E-state index contributed by atoms with van der Waals surface area (Å²) in [7, 11) is 0. The molecule has 0 aliphatic heterocycles. The number of benzene rings is 2.